The van der Waals surface area contributed by atoms with Crippen LogP contribution in [0.3, 0.4) is 0 Å². The van der Waals surface area contributed by atoms with Crippen LogP contribution in [0.4, 0.5) is 0 Å². The highest BCUT2D eigenvalue weighted by atomic mass is 35.5. The van der Waals surface area contributed by atoms with Gasteiger partial charge in [-0.3, -0.25) is 0 Å². The van der Waals surface area contributed by atoms with Crippen molar-refractivity contribution in [3.63, 3.8) is 0 Å². The van der Waals surface area contributed by atoms with E-state index in [0.29, 0.717) is 17.5 Å². The van der Waals surface area contributed by atoms with Crippen LogP contribution in [0, 0.1) is 0 Å². The smallest absolute Gasteiger partial charge is 0.153 e. The van der Waals surface area contributed by atoms with E-state index in [-0.39, 0.29) is 0 Å². The van der Waals surface area contributed by atoms with E-state index in [4.69, 9.17) is 17.3 Å². The van der Waals surface area contributed by atoms with Gasteiger partial charge in [0.15, 0.2) is 5.82 Å². The largest absolute Gasteiger partial charge is 0.326 e. The highest BCUT2D eigenvalue weighted by Crippen LogP contribution is 2.17. The average Bonchev–Trinajstić information content (AvgIpc) is 2.75. The number of nitrogens with two attached hydrogens (primary N) is 1. The van der Waals surface area contributed by atoms with Gasteiger partial charge < -0.3 is 5.73 Å². The van der Waals surface area contributed by atoms with Crippen molar-refractivity contribution in [1.82, 2.24) is 14.8 Å². The first-order valence-corrected chi connectivity index (χ1v) is 5.89. The normalized spacial score (nSPS) is 11.1. The summed E-state index contributed by atoms with van der Waals surface area (Å²) in [6.07, 6.45) is 3.32. The summed E-state index contributed by atoms with van der Waals surface area (Å²) in [6, 6.07) is 3.95. The Kier molecular flexibility index (Phi) is 3.45. The summed E-state index contributed by atoms with van der Waals surface area (Å²) in [6.45, 7) is 4.69. The number of nitrogens with zero attached hydrogens (tertiary/aromatic N) is 3. The lowest BCUT2D eigenvalue weighted by Gasteiger charge is -2.10. The molecule has 0 aliphatic heterocycles. The molecule has 0 aliphatic rings. The molecule has 0 aromatic carbocycles. The summed E-state index contributed by atoms with van der Waals surface area (Å²) in [7, 11) is 0. The Hall–Kier alpha value is -1.39. The third-order valence-electron chi connectivity index (χ3n) is 2.50. The van der Waals surface area contributed by atoms with Crippen LogP contribution in [0.2, 0.25) is 5.02 Å². The Morgan fingerprint density at radius 3 is 2.71 bits per heavy atom. The summed E-state index contributed by atoms with van der Waals surface area (Å²) >= 11 is 5.85. The van der Waals surface area contributed by atoms with Gasteiger partial charge in [0.05, 0.1) is 17.4 Å². The van der Waals surface area contributed by atoms with Crippen molar-refractivity contribution in [2.24, 2.45) is 5.73 Å². The molecule has 2 rings (SSSR count). The number of halogens is 1. The Morgan fingerprint density at radius 2 is 2.18 bits per heavy atom. The number of hydrogen-bond donors (Lipinski definition) is 1. The molecule has 0 fully saturated rings. The molecule has 0 unspecified atom stereocenters. The molecule has 0 radical (unpaired) electrons. The van der Waals surface area contributed by atoms with E-state index in [0.717, 1.165) is 17.1 Å². The van der Waals surface area contributed by atoms with E-state index >= 15 is 0 Å². The van der Waals surface area contributed by atoms with Gasteiger partial charge in [0, 0.05) is 12.2 Å². The minimum absolute atomic E-state index is 0.353. The molecule has 2 N–H and O–H groups in total. The number of hydrogen-bond acceptors (Lipinski definition) is 3. The van der Waals surface area contributed by atoms with Gasteiger partial charge in [-0.25, -0.2) is 9.67 Å². The van der Waals surface area contributed by atoms with Crippen LogP contribution in [0.25, 0.3) is 5.82 Å². The lowest BCUT2D eigenvalue weighted by atomic mass is 10.1. The molecule has 0 aliphatic carbocycles. The summed E-state index contributed by atoms with van der Waals surface area (Å²) in [4.78, 5) is 4.55. The predicted octanol–water partition coefficient (Wildman–Crippen LogP) is 2.50. The molecule has 0 amide bonds. The first-order chi connectivity index (χ1) is 8.10. The maximum absolute atomic E-state index is 5.85. The zero-order chi connectivity index (χ0) is 12.4. The number of rotatable bonds is 3. The topological polar surface area (TPSA) is 56.7 Å². The quantitative estimate of drug-likeness (QED) is 0.911. The Balaban J connectivity index is 2.49. The Bertz CT molecular complexity index is 519. The molecular formula is C12H15ClN4. The molecule has 0 saturated carbocycles. The van der Waals surface area contributed by atoms with Gasteiger partial charge in [-0.15, -0.1) is 0 Å². The minimum atomic E-state index is 0.353. The fraction of sp³-hybridized carbons (Fsp3) is 0.333. The van der Waals surface area contributed by atoms with Crippen molar-refractivity contribution in [3.8, 4) is 5.82 Å². The maximum Gasteiger partial charge on any atom is 0.153 e. The van der Waals surface area contributed by atoms with Crippen molar-refractivity contribution in [3.05, 3.63) is 40.8 Å². The van der Waals surface area contributed by atoms with Gasteiger partial charge in [-0.05, 0) is 23.6 Å². The second kappa shape index (κ2) is 4.85. The first-order valence-electron chi connectivity index (χ1n) is 5.51. The molecule has 2 heterocycles. The first kappa shape index (κ1) is 12.1. The highest BCUT2D eigenvalue weighted by molar-refractivity contribution is 6.30. The SMILES string of the molecule is CC(C)c1cc(CN)cc(-n2cc(Cl)cn2)n1. The van der Waals surface area contributed by atoms with Crippen molar-refractivity contribution >= 4 is 11.6 Å². The summed E-state index contributed by atoms with van der Waals surface area (Å²) in [5, 5.41) is 4.74. The molecule has 0 bridgehead atoms. The number of pyridine rings is 1. The van der Waals surface area contributed by atoms with E-state index < -0.39 is 0 Å². The highest BCUT2D eigenvalue weighted by Gasteiger charge is 2.08. The van der Waals surface area contributed by atoms with Crippen molar-refractivity contribution in [2.45, 2.75) is 26.3 Å². The Morgan fingerprint density at radius 1 is 1.41 bits per heavy atom. The summed E-state index contributed by atoms with van der Waals surface area (Å²) < 4.78 is 1.66. The van der Waals surface area contributed by atoms with Crippen LogP contribution in [-0.4, -0.2) is 14.8 Å². The maximum atomic E-state index is 5.85. The summed E-state index contributed by atoms with van der Waals surface area (Å²) in [5.74, 6) is 1.11. The zero-order valence-corrected chi connectivity index (χ0v) is 10.6. The molecule has 0 atom stereocenters. The predicted molar refractivity (Wildman–Crippen MR) is 68.3 cm³/mol. The molecule has 5 heteroatoms. The second-order valence-corrected chi connectivity index (χ2v) is 4.66. The van der Waals surface area contributed by atoms with E-state index in [2.05, 4.69) is 23.9 Å². The molecule has 0 saturated heterocycles. The Labute approximate surface area is 105 Å². The van der Waals surface area contributed by atoms with Crippen LogP contribution in [-0.2, 0) is 6.54 Å². The standard InChI is InChI=1S/C12H15ClN4/c1-8(2)11-3-9(5-14)4-12(16-11)17-7-10(13)6-15-17/h3-4,6-8H,5,14H2,1-2H3. The van der Waals surface area contributed by atoms with Crippen LogP contribution < -0.4 is 5.73 Å². The van der Waals surface area contributed by atoms with Crippen LogP contribution >= 0.6 is 11.6 Å². The third-order valence-corrected chi connectivity index (χ3v) is 2.70. The molecule has 2 aromatic heterocycles. The lowest BCUT2D eigenvalue weighted by molar-refractivity contribution is 0.777. The van der Waals surface area contributed by atoms with Gasteiger partial charge in [0.2, 0.25) is 0 Å². The third kappa shape index (κ3) is 2.65. The minimum Gasteiger partial charge on any atom is -0.326 e. The fourth-order valence-electron chi connectivity index (χ4n) is 1.55. The van der Waals surface area contributed by atoms with Crippen LogP contribution in [0.5, 0.6) is 0 Å². The number of aromatic nitrogens is 3. The van der Waals surface area contributed by atoms with Gasteiger partial charge in [0.1, 0.15) is 0 Å². The van der Waals surface area contributed by atoms with Gasteiger partial charge in [-0.2, -0.15) is 5.10 Å². The fourth-order valence-corrected chi connectivity index (χ4v) is 1.69. The zero-order valence-electron chi connectivity index (χ0n) is 9.89. The lowest BCUT2D eigenvalue weighted by Crippen LogP contribution is -2.06. The van der Waals surface area contributed by atoms with Crippen molar-refractivity contribution in [2.75, 3.05) is 0 Å². The molecule has 90 valence electrons. The van der Waals surface area contributed by atoms with E-state index in [1.807, 2.05) is 12.1 Å². The second-order valence-electron chi connectivity index (χ2n) is 4.22. The molecule has 2 aromatic rings. The van der Waals surface area contributed by atoms with Crippen LogP contribution in [0.15, 0.2) is 24.5 Å². The van der Waals surface area contributed by atoms with Gasteiger partial charge >= 0.3 is 0 Å². The van der Waals surface area contributed by atoms with E-state index in [9.17, 15) is 0 Å². The summed E-state index contributed by atoms with van der Waals surface area (Å²) in [5.41, 5.74) is 7.74. The van der Waals surface area contributed by atoms with Crippen molar-refractivity contribution in [1.29, 1.82) is 0 Å². The van der Waals surface area contributed by atoms with E-state index in [1.54, 1.807) is 17.1 Å². The molecule has 17 heavy (non-hydrogen) atoms. The monoisotopic (exact) mass is 250 g/mol. The molecule has 0 spiro atoms. The molecular weight excluding hydrogens is 236 g/mol. The van der Waals surface area contributed by atoms with Gasteiger partial charge in [-0.1, -0.05) is 25.4 Å². The molecule has 4 nitrogen and oxygen atoms in total. The van der Waals surface area contributed by atoms with Crippen LogP contribution in [0.1, 0.15) is 31.0 Å². The van der Waals surface area contributed by atoms with Gasteiger partial charge in [0.25, 0.3) is 0 Å². The van der Waals surface area contributed by atoms with Crippen molar-refractivity contribution < 1.29 is 0 Å². The van der Waals surface area contributed by atoms with E-state index in [1.165, 1.54) is 0 Å². The average molecular weight is 251 g/mol.